The summed E-state index contributed by atoms with van der Waals surface area (Å²) in [6, 6.07) is 7.44. The molecular weight excluding hydrogens is 457 g/mol. The summed E-state index contributed by atoms with van der Waals surface area (Å²) in [7, 11) is 0. The monoisotopic (exact) mass is 477 g/mol. The van der Waals surface area contributed by atoms with Gasteiger partial charge >= 0.3 is 0 Å². The summed E-state index contributed by atoms with van der Waals surface area (Å²) < 4.78 is 0. The number of nitrogens with zero attached hydrogens (tertiary/aromatic N) is 3. The summed E-state index contributed by atoms with van der Waals surface area (Å²) >= 11 is 6.07. The second-order valence-electron chi connectivity index (χ2n) is 6.03. The van der Waals surface area contributed by atoms with Crippen molar-refractivity contribution in [2.75, 3.05) is 19.6 Å². The number of carbonyl (C=O) groups is 1. The van der Waals surface area contributed by atoms with Crippen molar-refractivity contribution in [1.29, 1.82) is 0 Å². The van der Waals surface area contributed by atoms with Crippen molar-refractivity contribution in [3.05, 3.63) is 46.7 Å². The third kappa shape index (κ3) is 5.13. The number of nitrogens with one attached hydrogen (secondary N) is 2. The Hall–Kier alpha value is -1.23. The Morgan fingerprint density at radius 2 is 2.24 bits per heavy atom. The summed E-state index contributed by atoms with van der Waals surface area (Å²) in [5, 5.41) is 24.3. The van der Waals surface area contributed by atoms with Gasteiger partial charge in [0.2, 0.25) is 5.91 Å². The molecule has 0 aliphatic carbocycles. The maximum Gasteiger partial charge on any atom is 0.221 e. The number of aromatic nitrogens is 3. The van der Waals surface area contributed by atoms with E-state index in [0.717, 1.165) is 12.1 Å². The first kappa shape index (κ1) is 20.1. The molecule has 3 rings (SSSR count). The van der Waals surface area contributed by atoms with Crippen LogP contribution in [0.3, 0.4) is 0 Å². The van der Waals surface area contributed by atoms with E-state index >= 15 is 0 Å². The highest BCUT2D eigenvalue weighted by Gasteiger charge is 2.39. The molecule has 2 aromatic rings. The third-order valence-corrected chi connectivity index (χ3v) is 4.68. The standard InChI is InChI=1S/C16H20ClN5O2.HI/c17-13-4-2-1-3-12(13)9-18-15(23)5-7-22-8-6-16(24,11-22)14-10-19-21-20-14;/h1-4,10,24H,5-9,11H2,(H,18,23)(H,19,20,21);1H. The minimum absolute atomic E-state index is 0. The molecule has 7 nitrogen and oxygen atoms in total. The summed E-state index contributed by atoms with van der Waals surface area (Å²) in [6.45, 7) is 2.19. The number of aromatic amines is 1. The fourth-order valence-electron chi connectivity index (χ4n) is 2.88. The van der Waals surface area contributed by atoms with Gasteiger partial charge in [0.05, 0.1) is 6.20 Å². The third-order valence-electron chi connectivity index (χ3n) is 4.31. The lowest BCUT2D eigenvalue weighted by atomic mass is 10.0. The molecule has 1 aliphatic heterocycles. The maximum atomic E-state index is 12.0. The zero-order valence-corrected chi connectivity index (χ0v) is 16.7. The van der Waals surface area contributed by atoms with Crippen LogP contribution in [-0.4, -0.2) is 51.0 Å². The van der Waals surface area contributed by atoms with Gasteiger partial charge in [-0.3, -0.25) is 9.69 Å². The Balaban J connectivity index is 0.00000225. The molecule has 25 heavy (non-hydrogen) atoms. The number of H-pyrrole nitrogens is 1. The lowest BCUT2D eigenvalue weighted by Crippen LogP contribution is -2.33. The molecule has 1 aromatic carbocycles. The van der Waals surface area contributed by atoms with Crippen LogP contribution < -0.4 is 5.32 Å². The number of rotatable bonds is 6. The number of aliphatic hydroxyl groups is 1. The van der Waals surface area contributed by atoms with Gasteiger partial charge in [0, 0.05) is 37.6 Å². The predicted molar refractivity (Wildman–Crippen MR) is 105 cm³/mol. The number of amides is 1. The molecule has 1 atom stereocenters. The minimum Gasteiger partial charge on any atom is -0.382 e. The zero-order valence-electron chi connectivity index (χ0n) is 13.6. The van der Waals surface area contributed by atoms with E-state index in [-0.39, 0.29) is 29.9 Å². The van der Waals surface area contributed by atoms with E-state index in [1.807, 2.05) is 18.2 Å². The zero-order chi connectivity index (χ0) is 17.0. The Kier molecular flexibility index (Phi) is 7.17. The molecule has 0 saturated carbocycles. The average Bonchev–Trinajstić information content (AvgIpc) is 3.23. The van der Waals surface area contributed by atoms with Crippen LogP contribution in [0, 0.1) is 0 Å². The van der Waals surface area contributed by atoms with Crippen LogP contribution in [-0.2, 0) is 16.9 Å². The molecule has 9 heteroatoms. The fraction of sp³-hybridized carbons (Fsp3) is 0.438. The molecule has 0 bridgehead atoms. The van der Waals surface area contributed by atoms with Gasteiger partial charge in [-0.15, -0.1) is 24.0 Å². The van der Waals surface area contributed by atoms with Gasteiger partial charge in [-0.2, -0.15) is 15.4 Å². The van der Waals surface area contributed by atoms with E-state index in [1.165, 1.54) is 0 Å². The lowest BCUT2D eigenvalue weighted by molar-refractivity contribution is -0.121. The highest BCUT2D eigenvalue weighted by atomic mass is 127. The molecule has 1 aromatic heterocycles. The number of benzene rings is 1. The van der Waals surface area contributed by atoms with Crippen molar-refractivity contribution in [3.8, 4) is 0 Å². The minimum atomic E-state index is -0.985. The van der Waals surface area contributed by atoms with E-state index < -0.39 is 5.60 Å². The van der Waals surface area contributed by atoms with Gasteiger partial charge < -0.3 is 10.4 Å². The van der Waals surface area contributed by atoms with Crippen LogP contribution >= 0.6 is 35.6 Å². The number of β-amino-alcohol motifs (C(OH)–C–C–N with tert-alkyl or cyclic N) is 1. The number of hydrogen-bond donors (Lipinski definition) is 3. The van der Waals surface area contributed by atoms with Crippen molar-refractivity contribution in [2.45, 2.75) is 25.0 Å². The van der Waals surface area contributed by atoms with Gasteiger partial charge in [0.25, 0.3) is 0 Å². The van der Waals surface area contributed by atoms with E-state index in [4.69, 9.17) is 11.6 Å². The van der Waals surface area contributed by atoms with Gasteiger partial charge in [-0.1, -0.05) is 29.8 Å². The van der Waals surface area contributed by atoms with E-state index in [9.17, 15) is 9.90 Å². The maximum absolute atomic E-state index is 12.0. The van der Waals surface area contributed by atoms with Crippen LogP contribution in [0.15, 0.2) is 30.5 Å². The molecule has 136 valence electrons. The summed E-state index contributed by atoms with van der Waals surface area (Å²) in [5.74, 6) is -0.0354. The predicted octanol–water partition coefficient (Wildman–Crippen LogP) is 1.68. The van der Waals surface area contributed by atoms with Crippen molar-refractivity contribution in [3.63, 3.8) is 0 Å². The smallest absolute Gasteiger partial charge is 0.221 e. The SMILES string of the molecule is I.O=C(CCN1CCC(O)(c2cn[nH]n2)C1)NCc1ccccc1Cl. The first-order chi connectivity index (χ1) is 11.6. The van der Waals surface area contributed by atoms with Gasteiger partial charge in [-0.25, -0.2) is 0 Å². The summed E-state index contributed by atoms with van der Waals surface area (Å²) in [4.78, 5) is 14.1. The Morgan fingerprint density at radius 1 is 1.44 bits per heavy atom. The Morgan fingerprint density at radius 3 is 2.96 bits per heavy atom. The number of halogens is 2. The van der Waals surface area contributed by atoms with E-state index in [0.29, 0.717) is 43.2 Å². The molecule has 0 radical (unpaired) electrons. The average molecular weight is 478 g/mol. The molecular formula is C16H21ClIN5O2. The van der Waals surface area contributed by atoms with E-state index in [1.54, 1.807) is 12.3 Å². The second kappa shape index (κ2) is 8.93. The van der Waals surface area contributed by atoms with Crippen molar-refractivity contribution < 1.29 is 9.90 Å². The Labute approximate surface area is 168 Å². The highest BCUT2D eigenvalue weighted by molar-refractivity contribution is 14.0. The van der Waals surface area contributed by atoms with Crippen LogP contribution in [0.4, 0.5) is 0 Å². The number of hydrogen-bond acceptors (Lipinski definition) is 5. The first-order valence-electron chi connectivity index (χ1n) is 7.88. The van der Waals surface area contributed by atoms with E-state index in [2.05, 4.69) is 25.6 Å². The van der Waals surface area contributed by atoms with Crippen LogP contribution in [0.25, 0.3) is 0 Å². The molecule has 1 amide bonds. The van der Waals surface area contributed by atoms with Gasteiger partial charge in [0.1, 0.15) is 11.3 Å². The number of likely N-dealkylation sites (tertiary alicyclic amines) is 1. The normalized spacial score (nSPS) is 20.2. The van der Waals surface area contributed by atoms with Crippen LogP contribution in [0.5, 0.6) is 0 Å². The topological polar surface area (TPSA) is 94.1 Å². The molecule has 2 heterocycles. The Bertz CT molecular complexity index is 700. The molecule has 1 aliphatic rings. The van der Waals surface area contributed by atoms with Crippen LogP contribution in [0.1, 0.15) is 24.1 Å². The molecule has 0 spiro atoms. The largest absolute Gasteiger partial charge is 0.382 e. The highest BCUT2D eigenvalue weighted by Crippen LogP contribution is 2.29. The van der Waals surface area contributed by atoms with Crippen LogP contribution in [0.2, 0.25) is 5.02 Å². The molecule has 1 fully saturated rings. The fourth-order valence-corrected chi connectivity index (χ4v) is 3.08. The summed E-state index contributed by atoms with van der Waals surface area (Å²) in [6.07, 6.45) is 2.50. The second-order valence-corrected chi connectivity index (χ2v) is 6.44. The van der Waals surface area contributed by atoms with Crippen molar-refractivity contribution in [1.82, 2.24) is 25.6 Å². The van der Waals surface area contributed by atoms with Gasteiger partial charge in [0.15, 0.2) is 0 Å². The molecule has 1 unspecified atom stereocenters. The molecule has 1 saturated heterocycles. The van der Waals surface area contributed by atoms with Gasteiger partial charge in [-0.05, 0) is 18.1 Å². The van der Waals surface area contributed by atoms with Crippen molar-refractivity contribution in [2.24, 2.45) is 0 Å². The first-order valence-corrected chi connectivity index (χ1v) is 8.26. The molecule has 3 N–H and O–H groups in total. The summed E-state index contributed by atoms with van der Waals surface area (Å²) in [5.41, 5.74) is 0.461. The number of carbonyl (C=O) groups excluding carboxylic acids is 1. The van der Waals surface area contributed by atoms with Crippen molar-refractivity contribution >= 4 is 41.5 Å². The quantitative estimate of drug-likeness (QED) is 0.551. The lowest BCUT2D eigenvalue weighted by Gasteiger charge is -2.20.